The second-order valence-corrected chi connectivity index (χ2v) is 3.76. The van der Waals surface area contributed by atoms with Gasteiger partial charge in [-0.05, 0) is 18.2 Å². The number of nitrogen functional groups attached to an aromatic ring is 1. The number of anilines is 2. The fourth-order valence-electron chi connectivity index (χ4n) is 1.52. The molecule has 0 unspecified atom stereocenters. The Bertz CT molecular complexity index is 617. The topological polar surface area (TPSA) is 77.2 Å². The van der Waals surface area contributed by atoms with Crippen LogP contribution < -0.4 is 15.8 Å². The van der Waals surface area contributed by atoms with Crippen molar-refractivity contribution in [1.82, 2.24) is 4.98 Å². The summed E-state index contributed by atoms with van der Waals surface area (Å²) < 4.78 is 18.4. The number of benzene rings is 1. The van der Waals surface area contributed by atoms with Crippen LogP contribution in [0.5, 0.6) is 5.75 Å². The summed E-state index contributed by atoms with van der Waals surface area (Å²) >= 11 is 0. The molecule has 6 heteroatoms. The fraction of sp³-hybridized carbons (Fsp3) is 0.0769. The number of halogens is 1. The van der Waals surface area contributed by atoms with Gasteiger partial charge < -0.3 is 15.8 Å². The third kappa shape index (κ3) is 2.79. The quantitative estimate of drug-likeness (QED) is 0.829. The third-order valence-electron chi connectivity index (χ3n) is 2.53. The summed E-state index contributed by atoms with van der Waals surface area (Å²) in [5, 5.41) is 2.53. The Labute approximate surface area is 109 Å². The minimum absolute atomic E-state index is 0.0998. The molecular formula is C13H12FN3O2. The molecule has 1 aromatic heterocycles. The number of carbonyl (C=O) groups is 1. The minimum atomic E-state index is -0.693. The summed E-state index contributed by atoms with van der Waals surface area (Å²) in [5.74, 6) is -0.749. The zero-order valence-corrected chi connectivity index (χ0v) is 10.2. The van der Waals surface area contributed by atoms with Gasteiger partial charge in [-0.25, -0.2) is 4.39 Å². The van der Waals surface area contributed by atoms with Gasteiger partial charge in [-0.2, -0.15) is 0 Å². The third-order valence-corrected chi connectivity index (χ3v) is 2.53. The number of nitrogens with two attached hydrogens (primary N) is 1. The first kappa shape index (κ1) is 12.8. The summed E-state index contributed by atoms with van der Waals surface area (Å²) in [6.45, 7) is 0. The molecule has 0 aliphatic heterocycles. The van der Waals surface area contributed by atoms with Gasteiger partial charge in [0.05, 0.1) is 30.2 Å². The number of nitrogens with zero attached hydrogens (tertiary/aromatic N) is 1. The van der Waals surface area contributed by atoms with Gasteiger partial charge in [0, 0.05) is 12.3 Å². The SMILES string of the molecule is COc1ccc(N)c(NC(=O)c2ccncc2F)c1. The van der Waals surface area contributed by atoms with E-state index in [1.165, 1.54) is 19.4 Å². The first-order valence-corrected chi connectivity index (χ1v) is 5.46. The maximum Gasteiger partial charge on any atom is 0.258 e. The molecule has 19 heavy (non-hydrogen) atoms. The lowest BCUT2D eigenvalue weighted by Gasteiger charge is -2.10. The van der Waals surface area contributed by atoms with Crippen molar-refractivity contribution in [2.75, 3.05) is 18.2 Å². The van der Waals surface area contributed by atoms with Crippen LogP contribution in [0.15, 0.2) is 36.7 Å². The molecule has 0 aliphatic carbocycles. The van der Waals surface area contributed by atoms with E-state index >= 15 is 0 Å². The predicted octanol–water partition coefficient (Wildman–Crippen LogP) is 2.06. The number of carbonyl (C=O) groups excluding carboxylic acids is 1. The lowest BCUT2D eigenvalue weighted by Crippen LogP contribution is -2.15. The summed E-state index contributed by atoms with van der Waals surface area (Å²) in [7, 11) is 1.50. The summed E-state index contributed by atoms with van der Waals surface area (Å²) in [6, 6.07) is 6.11. The second kappa shape index (κ2) is 5.34. The average Bonchev–Trinajstić information content (AvgIpc) is 2.41. The Morgan fingerprint density at radius 2 is 2.21 bits per heavy atom. The molecule has 0 saturated heterocycles. The molecule has 1 amide bonds. The van der Waals surface area contributed by atoms with Gasteiger partial charge in [0.15, 0.2) is 5.82 Å². The van der Waals surface area contributed by atoms with Crippen LogP contribution >= 0.6 is 0 Å². The van der Waals surface area contributed by atoms with Crippen molar-refractivity contribution in [2.45, 2.75) is 0 Å². The summed E-state index contributed by atoms with van der Waals surface area (Å²) in [4.78, 5) is 15.5. The molecule has 3 N–H and O–H groups in total. The van der Waals surface area contributed by atoms with Crippen molar-refractivity contribution in [3.63, 3.8) is 0 Å². The molecule has 0 atom stereocenters. The number of hydrogen-bond donors (Lipinski definition) is 2. The largest absolute Gasteiger partial charge is 0.497 e. The van der Waals surface area contributed by atoms with E-state index in [2.05, 4.69) is 10.3 Å². The Hall–Kier alpha value is -2.63. The lowest BCUT2D eigenvalue weighted by molar-refractivity contribution is 0.102. The van der Waals surface area contributed by atoms with Gasteiger partial charge in [-0.1, -0.05) is 0 Å². The first-order valence-electron chi connectivity index (χ1n) is 5.46. The number of amides is 1. The molecular weight excluding hydrogens is 249 g/mol. The van der Waals surface area contributed by atoms with Crippen LogP contribution in [-0.2, 0) is 0 Å². The van der Waals surface area contributed by atoms with Crippen molar-refractivity contribution in [3.05, 3.63) is 48.0 Å². The second-order valence-electron chi connectivity index (χ2n) is 3.76. The number of ether oxygens (including phenoxy) is 1. The summed E-state index contributed by atoms with van der Waals surface area (Å²) in [6.07, 6.45) is 2.32. The number of rotatable bonds is 3. The molecule has 2 aromatic rings. The van der Waals surface area contributed by atoms with Crippen molar-refractivity contribution in [1.29, 1.82) is 0 Å². The van der Waals surface area contributed by atoms with Crippen molar-refractivity contribution in [3.8, 4) is 5.75 Å². The number of nitrogens with one attached hydrogen (secondary N) is 1. The highest BCUT2D eigenvalue weighted by Crippen LogP contribution is 2.25. The Morgan fingerprint density at radius 3 is 2.89 bits per heavy atom. The molecule has 98 valence electrons. The molecule has 0 aliphatic rings. The predicted molar refractivity (Wildman–Crippen MR) is 69.6 cm³/mol. The van der Waals surface area contributed by atoms with Gasteiger partial charge in [0.2, 0.25) is 0 Å². The summed E-state index contributed by atoms with van der Waals surface area (Å²) in [5.41, 5.74) is 6.36. The van der Waals surface area contributed by atoms with Crippen LogP contribution in [0.3, 0.4) is 0 Å². The Balaban J connectivity index is 2.26. The van der Waals surface area contributed by atoms with Crippen molar-refractivity contribution < 1.29 is 13.9 Å². The van der Waals surface area contributed by atoms with Gasteiger partial charge >= 0.3 is 0 Å². The highest BCUT2D eigenvalue weighted by molar-refractivity contribution is 6.05. The Kier molecular flexibility index (Phi) is 3.61. The maximum absolute atomic E-state index is 13.4. The number of aromatic nitrogens is 1. The lowest BCUT2D eigenvalue weighted by atomic mass is 10.2. The van der Waals surface area contributed by atoms with Crippen molar-refractivity contribution >= 4 is 17.3 Å². The maximum atomic E-state index is 13.4. The number of methoxy groups -OCH3 is 1. The molecule has 0 spiro atoms. The van der Waals surface area contributed by atoms with Crippen LogP contribution in [0.1, 0.15) is 10.4 Å². The monoisotopic (exact) mass is 261 g/mol. The standard InChI is InChI=1S/C13H12FN3O2/c1-19-8-2-3-11(15)12(6-8)17-13(18)9-4-5-16-7-10(9)14/h2-7H,15H2,1H3,(H,17,18). The molecule has 2 rings (SSSR count). The van der Waals surface area contributed by atoms with E-state index < -0.39 is 11.7 Å². The van der Waals surface area contributed by atoms with E-state index in [0.29, 0.717) is 17.1 Å². The van der Waals surface area contributed by atoms with E-state index in [4.69, 9.17) is 10.5 Å². The van der Waals surface area contributed by atoms with Gasteiger partial charge in [-0.15, -0.1) is 0 Å². The smallest absolute Gasteiger partial charge is 0.258 e. The average molecular weight is 261 g/mol. The van der Waals surface area contributed by atoms with E-state index in [-0.39, 0.29) is 5.56 Å². The van der Waals surface area contributed by atoms with Gasteiger partial charge in [-0.3, -0.25) is 9.78 Å². The van der Waals surface area contributed by atoms with Gasteiger partial charge in [0.25, 0.3) is 5.91 Å². The molecule has 0 saturated carbocycles. The molecule has 0 bridgehead atoms. The van der Waals surface area contributed by atoms with E-state index in [0.717, 1.165) is 6.20 Å². The van der Waals surface area contributed by atoms with E-state index in [1.54, 1.807) is 18.2 Å². The van der Waals surface area contributed by atoms with Crippen LogP contribution in [0.25, 0.3) is 0 Å². The van der Waals surface area contributed by atoms with Crippen LogP contribution in [0.4, 0.5) is 15.8 Å². The normalized spacial score (nSPS) is 10.0. The van der Waals surface area contributed by atoms with E-state index in [1.807, 2.05) is 0 Å². The number of hydrogen-bond acceptors (Lipinski definition) is 4. The fourth-order valence-corrected chi connectivity index (χ4v) is 1.52. The zero-order chi connectivity index (χ0) is 13.8. The highest BCUT2D eigenvalue weighted by atomic mass is 19.1. The van der Waals surface area contributed by atoms with Crippen molar-refractivity contribution in [2.24, 2.45) is 0 Å². The zero-order valence-electron chi connectivity index (χ0n) is 10.2. The van der Waals surface area contributed by atoms with Gasteiger partial charge in [0.1, 0.15) is 5.75 Å². The molecule has 0 fully saturated rings. The molecule has 5 nitrogen and oxygen atoms in total. The van der Waals surface area contributed by atoms with Crippen LogP contribution in [-0.4, -0.2) is 18.0 Å². The minimum Gasteiger partial charge on any atom is -0.497 e. The Morgan fingerprint density at radius 1 is 1.42 bits per heavy atom. The number of pyridine rings is 1. The van der Waals surface area contributed by atoms with E-state index in [9.17, 15) is 9.18 Å². The van der Waals surface area contributed by atoms with Crippen LogP contribution in [0, 0.1) is 5.82 Å². The highest BCUT2D eigenvalue weighted by Gasteiger charge is 2.13. The molecule has 1 aromatic carbocycles. The first-order chi connectivity index (χ1) is 9.11. The molecule has 1 heterocycles. The van der Waals surface area contributed by atoms with Crippen LogP contribution in [0.2, 0.25) is 0 Å². The molecule has 0 radical (unpaired) electrons.